The summed E-state index contributed by atoms with van der Waals surface area (Å²) in [6.07, 6.45) is 3.81. The van der Waals surface area contributed by atoms with E-state index < -0.39 is 0 Å². The molecule has 0 saturated heterocycles. The largest absolute Gasteiger partial charge is 0.495 e. The van der Waals surface area contributed by atoms with E-state index in [1.807, 2.05) is 30.1 Å². The number of likely N-dealkylation sites (N-methyl/N-ethyl adjacent to an activating group) is 1. The number of ether oxygens (including phenoxy) is 1. The van der Waals surface area contributed by atoms with Crippen LogP contribution in [0, 0.1) is 0 Å². The summed E-state index contributed by atoms with van der Waals surface area (Å²) in [5.41, 5.74) is 5.87. The van der Waals surface area contributed by atoms with Crippen LogP contribution in [0.25, 0.3) is 11.3 Å². The number of methoxy groups -OCH3 is 1. The average Bonchev–Trinajstić information content (AvgIpc) is 2.60. The molecule has 0 saturated carbocycles. The molecule has 0 radical (unpaired) electrons. The fraction of sp³-hybridized carbons (Fsp3) is 0.150. The van der Waals surface area contributed by atoms with Crippen molar-refractivity contribution >= 4 is 22.9 Å². The van der Waals surface area contributed by atoms with E-state index in [4.69, 9.17) is 16.3 Å². The topological polar surface area (TPSA) is 25.4 Å². The molecule has 0 atom stereocenters. The summed E-state index contributed by atoms with van der Waals surface area (Å²) in [6, 6.07) is 12.0. The lowest BCUT2D eigenvalue weighted by atomic mass is 9.94. The highest BCUT2D eigenvalue weighted by Gasteiger charge is 2.24. The van der Waals surface area contributed by atoms with Crippen LogP contribution in [0.4, 0.5) is 0 Å². The van der Waals surface area contributed by atoms with Crippen LogP contribution in [0.2, 0.25) is 5.02 Å². The standard InChI is InChI=1S/C20H19ClN2O/c1-13-10-17(15-8-6-5-7-9-15)20(23(3)14(13)2)19-18(21)11-16(24-4)12-22-19/h5-12H,2H2,1,3-4H3. The zero-order valence-corrected chi connectivity index (χ0v) is 14.8. The highest BCUT2D eigenvalue weighted by Crippen LogP contribution is 2.40. The van der Waals surface area contributed by atoms with Gasteiger partial charge in [-0.1, -0.05) is 48.5 Å². The van der Waals surface area contributed by atoms with Crippen LogP contribution >= 0.6 is 11.6 Å². The number of hydrogen-bond donors (Lipinski definition) is 0. The van der Waals surface area contributed by atoms with Crippen molar-refractivity contribution in [3.63, 3.8) is 0 Å². The number of rotatable bonds is 3. The highest BCUT2D eigenvalue weighted by molar-refractivity contribution is 6.32. The van der Waals surface area contributed by atoms with Crippen LogP contribution in [-0.2, 0) is 0 Å². The van der Waals surface area contributed by atoms with E-state index in [1.165, 1.54) is 0 Å². The lowest BCUT2D eigenvalue weighted by Crippen LogP contribution is -2.21. The molecule has 24 heavy (non-hydrogen) atoms. The molecule has 3 nitrogen and oxygen atoms in total. The summed E-state index contributed by atoms with van der Waals surface area (Å²) in [7, 11) is 3.59. The van der Waals surface area contributed by atoms with Crippen molar-refractivity contribution in [1.29, 1.82) is 0 Å². The van der Waals surface area contributed by atoms with Crippen molar-refractivity contribution in [3.8, 4) is 5.75 Å². The van der Waals surface area contributed by atoms with Crippen molar-refractivity contribution in [2.45, 2.75) is 6.92 Å². The molecule has 3 rings (SSSR count). The van der Waals surface area contributed by atoms with Crippen molar-refractivity contribution in [2.24, 2.45) is 0 Å². The summed E-state index contributed by atoms with van der Waals surface area (Å²) in [6.45, 7) is 6.23. The molecule has 122 valence electrons. The van der Waals surface area contributed by atoms with Crippen molar-refractivity contribution in [2.75, 3.05) is 14.2 Å². The molecule has 1 aliphatic heterocycles. The number of benzene rings is 1. The van der Waals surface area contributed by atoms with Gasteiger partial charge in [0.15, 0.2) is 0 Å². The Labute approximate surface area is 147 Å². The van der Waals surface area contributed by atoms with Crippen molar-refractivity contribution in [3.05, 3.63) is 82.8 Å². The Bertz CT molecular complexity index is 853. The minimum atomic E-state index is 0.547. The number of nitrogens with zero attached hydrogens (tertiary/aromatic N) is 2. The van der Waals surface area contributed by atoms with Gasteiger partial charge >= 0.3 is 0 Å². The molecular formula is C20H19ClN2O. The van der Waals surface area contributed by atoms with E-state index in [-0.39, 0.29) is 0 Å². The molecule has 1 aliphatic rings. The van der Waals surface area contributed by atoms with Gasteiger partial charge in [0.25, 0.3) is 0 Å². The van der Waals surface area contributed by atoms with Crippen molar-refractivity contribution in [1.82, 2.24) is 9.88 Å². The third-order valence-electron chi connectivity index (χ3n) is 4.17. The predicted octanol–water partition coefficient (Wildman–Crippen LogP) is 5.02. The molecule has 0 amide bonds. The van der Waals surface area contributed by atoms with E-state index >= 15 is 0 Å². The summed E-state index contributed by atoms with van der Waals surface area (Å²) in [4.78, 5) is 6.57. The summed E-state index contributed by atoms with van der Waals surface area (Å²) in [5.74, 6) is 0.634. The van der Waals surface area contributed by atoms with Gasteiger partial charge in [0.05, 0.1) is 24.0 Å². The van der Waals surface area contributed by atoms with Crippen LogP contribution in [-0.4, -0.2) is 24.0 Å². The molecule has 0 N–H and O–H groups in total. The van der Waals surface area contributed by atoms with E-state index in [1.54, 1.807) is 19.4 Å². The minimum Gasteiger partial charge on any atom is -0.495 e. The molecule has 1 aromatic heterocycles. The molecule has 0 bridgehead atoms. The van der Waals surface area contributed by atoms with Gasteiger partial charge in [0, 0.05) is 24.4 Å². The summed E-state index contributed by atoms with van der Waals surface area (Å²) >= 11 is 6.49. The van der Waals surface area contributed by atoms with Crippen LogP contribution in [0.15, 0.2) is 66.5 Å². The van der Waals surface area contributed by atoms with Gasteiger partial charge in [-0.3, -0.25) is 0 Å². The number of halogens is 1. The first-order chi connectivity index (χ1) is 11.5. The van der Waals surface area contributed by atoms with Crippen LogP contribution in [0.1, 0.15) is 18.2 Å². The van der Waals surface area contributed by atoms with Crippen LogP contribution < -0.4 is 4.74 Å². The molecule has 0 fully saturated rings. The maximum atomic E-state index is 6.49. The Balaban J connectivity index is 2.27. The molecular weight excluding hydrogens is 320 g/mol. The first kappa shape index (κ1) is 16.3. The molecule has 0 spiro atoms. The smallest absolute Gasteiger partial charge is 0.138 e. The Morgan fingerprint density at radius 3 is 2.54 bits per heavy atom. The van der Waals surface area contributed by atoms with Gasteiger partial charge in [0.2, 0.25) is 0 Å². The summed E-state index contributed by atoms with van der Waals surface area (Å²) in [5, 5.41) is 0.547. The van der Waals surface area contributed by atoms with Crippen LogP contribution in [0.5, 0.6) is 5.75 Å². The van der Waals surface area contributed by atoms with Gasteiger partial charge in [-0.15, -0.1) is 0 Å². The molecule has 4 heteroatoms. The zero-order valence-electron chi connectivity index (χ0n) is 14.0. The zero-order chi connectivity index (χ0) is 17.3. The first-order valence-corrected chi connectivity index (χ1v) is 8.01. The average molecular weight is 339 g/mol. The molecule has 2 aromatic rings. The Kier molecular flexibility index (Phi) is 4.45. The second kappa shape index (κ2) is 6.54. The fourth-order valence-electron chi connectivity index (χ4n) is 2.78. The first-order valence-electron chi connectivity index (χ1n) is 7.64. The number of hydrogen-bond acceptors (Lipinski definition) is 3. The molecule has 1 aromatic carbocycles. The normalized spacial score (nSPS) is 14.8. The van der Waals surface area contributed by atoms with E-state index in [2.05, 4.69) is 36.7 Å². The maximum Gasteiger partial charge on any atom is 0.138 e. The van der Waals surface area contributed by atoms with Gasteiger partial charge in [-0.2, -0.15) is 0 Å². The predicted molar refractivity (Wildman–Crippen MR) is 99.7 cm³/mol. The Morgan fingerprint density at radius 2 is 1.92 bits per heavy atom. The molecule has 2 heterocycles. The van der Waals surface area contributed by atoms with E-state index in [0.717, 1.165) is 28.1 Å². The second-order valence-electron chi connectivity index (χ2n) is 5.67. The van der Waals surface area contributed by atoms with Gasteiger partial charge in [-0.05, 0) is 24.1 Å². The molecule has 0 unspecified atom stereocenters. The third kappa shape index (κ3) is 2.83. The Morgan fingerprint density at radius 1 is 1.21 bits per heavy atom. The minimum absolute atomic E-state index is 0.547. The van der Waals surface area contributed by atoms with Crippen LogP contribution in [0.3, 0.4) is 0 Å². The SMILES string of the molecule is C=C1C(C)=CC(c2ccccc2)=C(c2ncc(OC)cc2Cl)N1C. The molecule has 0 aliphatic carbocycles. The van der Waals surface area contributed by atoms with E-state index in [9.17, 15) is 0 Å². The maximum absolute atomic E-state index is 6.49. The van der Waals surface area contributed by atoms with Gasteiger partial charge < -0.3 is 9.64 Å². The number of pyridine rings is 1. The summed E-state index contributed by atoms with van der Waals surface area (Å²) < 4.78 is 5.21. The number of allylic oxidation sites excluding steroid dienone is 3. The third-order valence-corrected chi connectivity index (χ3v) is 4.46. The fourth-order valence-corrected chi connectivity index (χ4v) is 3.02. The monoisotopic (exact) mass is 338 g/mol. The van der Waals surface area contributed by atoms with Gasteiger partial charge in [0.1, 0.15) is 11.4 Å². The highest BCUT2D eigenvalue weighted by atomic mass is 35.5. The lowest BCUT2D eigenvalue weighted by molar-refractivity contribution is 0.412. The quantitative estimate of drug-likeness (QED) is 0.786. The second-order valence-corrected chi connectivity index (χ2v) is 6.07. The number of aromatic nitrogens is 1. The van der Waals surface area contributed by atoms with E-state index in [0.29, 0.717) is 16.5 Å². The lowest BCUT2D eigenvalue weighted by Gasteiger charge is -2.31. The van der Waals surface area contributed by atoms with Crippen molar-refractivity contribution < 1.29 is 4.74 Å². The van der Waals surface area contributed by atoms with Gasteiger partial charge in [-0.25, -0.2) is 4.98 Å². The Hall–Kier alpha value is -2.52.